The lowest BCUT2D eigenvalue weighted by atomic mass is 9.75. The zero-order chi connectivity index (χ0) is 28.5. The van der Waals surface area contributed by atoms with E-state index in [4.69, 9.17) is 9.47 Å². The number of carbonyl (C=O) groups is 3. The Balaban J connectivity index is 1.52. The molecule has 4 rings (SSSR count). The molecule has 3 saturated carbocycles. The molecule has 9 nitrogen and oxygen atoms in total. The van der Waals surface area contributed by atoms with Crippen molar-refractivity contribution in [3.8, 4) is 17.6 Å². The molecule has 212 valence electrons. The average molecular weight is 540 g/mol. The fourth-order valence-electron chi connectivity index (χ4n) is 6.41. The molecule has 0 radical (unpaired) electrons. The largest absolute Gasteiger partial charge is 0.496 e. The van der Waals surface area contributed by atoms with Crippen molar-refractivity contribution in [1.82, 2.24) is 10.6 Å². The third kappa shape index (κ3) is 6.15. The molecule has 2 bridgehead atoms. The molecule has 0 saturated heterocycles. The fraction of sp³-hybridized carbons (Fsp3) is 0.667. The Kier molecular flexibility index (Phi) is 8.15. The number of benzene rings is 1. The average Bonchev–Trinajstić information content (AvgIpc) is 3.50. The van der Waals surface area contributed by atoms with Crippen LogP contribution in [0.2, 0.25) is 0 Å². The molecule has 1 aromatic rings. The van der Waals surface area contributed by atoms with Crippen LogP contribution in [0.1, 0.15) is 88.6 Å². The zero-order valence-corrected chi connectivity index (χ0v) is 23.6. The van der Waals surface area contributed by atoms with E-state index in [1.165, 1.54) is 13.2 Å². The molecule has 3 aliphatic rings. The maximum Gasteiger partial charge on any atom is 0.309 e. The number of methoxy groups -OCH3 is 1. The van der Waals surface area contributed by atoms with E-state index >= 15 is 0 Å². The summed E-state index contributed by atoms with van der Waals surface area (Å²) in [7, 11) is 1.45. The molecule has 39 heavy (non-hydrogen) atoms. The maximum absolute atomic E-state index is 13.6. The predicted octanol–water partition coefficient (Wildman–Crippen LogP) is 4.29. The Morgan fingerprint density at radius 1 is 1.10 bits per heavy atom. The number of fused-ring (bicyclic) bond motifs is 2. The summed E-state index contributed by atoms with van der Waals surface area (Å²) in [6.07, 6.45) is 4.67. The molecule has 0 aliphatic heterocycles. The third-order valence-electron chi connectivity index (χ3n) is 8.82. The van der Waals surface area contributed by atoms with Crippen LogP contribution in [0.5, 0.6) is 11.5 Å². The van der Waals surface area contributed by atoms with Crippen molar-refractivity contribution in [2.45, 2.75) is 84.8 Å². The molecule has 0 unspecified atom stereocenters. The number of amides is 2. The lowest BCUT2D eigenvalue weighted by molar-refractivity contribution is -0.150. The van der Waals surface area contributed by atoms with Crippen molar-refractivity contribution < 1.29 is 29.0 Å². The first kappa shape index (κ1) is 28.7. The normalized spacial score (nSPS) is 29.8. The Morgan fingerprint density at radius 3 is 2.36 bits per heavy atom. The smallest absolute Gasteiger partial charge is 0.309 e. The minimum absolute atomic E-state index is 0.0103. The molecular formula is C30H41N3O6. The lowest BCUT2D eigenvalue weighted by Crippen LogP contribution is -2.50. The molecular weight excluding hydrogens is 498 g/mol. The van der Waals surface area contributed by atoms with E-state index < -0.39 is 11.4 Å². The van der Waals surface area contributed by atoms with E-state index in [-0.39, 0.29) is 69.8 Å². The van der Waals surface area contributed by atoms with Gasteiger partial charge in [-0.1, -0.05) is 20.8 Å². The number of nitrogens with zero attached hydrogens (tertiary/aromatic N) is 1. The number of nitriles is 1. The minimum atomic E-state index is -0.812. The molecule has 2 amide bonds. The summed E-state index contributed by atoms with van der Waals surface area (Å²) < 4.78 is 11.6. The molecule has 0 heterocycles. The lowest BCUT2D eigenvalue weighted by Gasteiger charge is -2.34. The number of nitrogens with one attached hydrogen (secondary N) is 2. The quantitative estimate of drug-likeness (QED) is 0.448. The monoisotopic (exact) mass is 539 g/mol. The number of carbonyl (C=O) groups excluding carboxylic acids is 2. The summed E-state index contributed by atoms with van der Waals surface area (Å²) in [5.41, 5.74) is -0.328. The van der Waals surface area contributed by atoms with Crippen LogP contribution in [0.15, 0.2) is 12.1 Å². The topological polar surface area (TPSA) is 138 Å². The van der Waals surface area contributed by atoms with Gasteiger partial charge in [0.25, 0.3) is 5.91 Å². The van der Waals surface area contributed by atoms with E-state index in [9.17, 15) is 24.8 Å². The summed E-state index contributed by atoms with van der Waals surface area (Å²) in [6.45, 7) is 8.53. The number of hydrogen-bond acceptors (Lipinski definition) is 6. The van der Waals surface area contributed by atoms with Gasteiger partial charge in [0.1, 0.15) is 17.6 Å². The second-order valence-electron chi connectivity index (χ2n) is 13.0. The first-order valence-corrected chi connectivity index (χ1v) is 14.0. The zero-order valence-electron chi connectivity index (χ0n) is 23.6. The van der Waals surface area contributed by atoms with E-state index in [1.807, 2.05) is 0 Å². The van der Waals surface area contributed by atoms with Crippen LogP contribution >= 0.6 is 0 Å². The summed E-state index contributed by atoms with van der Waals surface area (Å²) in [5, 5.41) is 25.5. The van der Waals surface area contributed by atoms with Crippen molar-refractivity contribution in [1.29, 1.82) is 5.26 Å². The van der Waals surface area contributed by atoms with Gasteiger partial charge in [-0.15, -0.1) is 0 Å². The number of carboxylic acid groups (broad SMARTS) is 1. The van der Waals surface area contributed by atoms with E-state index in [0.29, 0.717) is 32.2 Å². The number of carboxylic acids is 1. The highest BCUT2D eigenvalue weighted by molar-refractivity contribution is 5.98. The van der Waals surface area contributed by atoms with Gasteiger partial charge in [0.05, 0.1) is 35.7 Å². The van der Waals surface area contributed by atoms with Crippen LogP contribution in [0.4, 0.5) is 0 Å². The van der Waals surface area contributed by atoms with Crippen molar-refractivity contribution in [3.05, 3.63) is 23.3 Å². The van der Waals surface area contributed by atoms with Crippen LogP contribution in [-0.4, -0.2) is 48.7 Å². The fourth-order valence-corrected chi connectivity index (χ4v) is 6.41. The standard InChI is InChI=1S/C30H41N3O6/c1-29(2,3)16-32-27(35)24-17-6-7-18(12-17)25(24)33-26(34)21-14-22(19(15-31)13-23(21)38-5)39-20-8-10-30(4,11-9-20)28(36)37/h13-14,17-18,20,24-25H,6-12,16H2,1-5H3,(H,32,35)(H,33,34)(H,36,37)/t17-,18+,20?,24-,25+,30?/m1/s1. The second-order valence-corrected chi connectivity index (χ2v) is 13.0. The van der Waals surface area contributed by atoms with Gasteiger partial charge in [0.15, 0.2) is 0 Å². The molecule has 3 aliphatic carbocycles. The maximum atomic E-state index is 13.6. The van der Waals surface area contributed by atoms with Crippen LogP contribution in [0.25, 0.3) is 0 Å². The van der Waals surface area contributed by atoms with Gasteiger partial charge in [-0.05, 0) is 75.2 Å². The van der Waals surface area contributed by atoms with Crippen molar-refractivity contribution in [3.63, 3.8) is 0 Å². The van der Waals surface area contributed by atoms with Gasteiger partial charge in [-0.3, -0.25) is 14.4 Å². The first-order chi connectivity index (χ1) is 18.3. The third-order valence-corrected chi connectivity index (χ3v) is 8.82. The highest BCUT2D eigenvalue weighted by Gasteiger charge is 2.51. The Labute approximate surface area is 230 Å². The van der Waals surface area contributed by atoms with E-state index in [0.717, 1.165) is 19.3 Å². The van der Waals surface area contributed by atoms with Gasteiger partial charge in [-0.2, -0.15) is 5.26 Å². The molecule has 9 heteroatoms. The van der Waals surface area contributed by atoms with Crippen molar-refractivity contribution in [2.24, 2.45) is 28.6 Å². The van der Waals surface area contributed by atoms with E-state index in [2.05, 4.69) is 37.5 Å². The molecule has 0 aromatic heterocycles. The van der Waals surface area contributed by atoms with Crippen molar-refractivity contribution >= 4 is 17.8 Å². The Bertz CT molecular complexity index is 1160. The van der Waals surface area contributed by atoms with Gasteiger partial charge in [-0.25, -0.2) is 0 Å². The highest BCUT2D eigenvalue weighted by Crippen LogP contribution is 2.49. The number of aliphatic carboxylic acids is 1. The van der Waals surface area contributed by atoms with Crippen LogP contribution < -0.4 is 20.1 Å². The molecule has 3 N–H and O–H groups in total. The molecule has 4 atom stereocenters. The van der Waals surface area contributed by atoms with Gasteiger partial charge >= 0.3 is 5.97 Å². The van der Waals surface area contributed by atoms with Gasteiger partial charge in [0, 0.05) is 18.7 Å². The number of rotatable bonds is 8. The van der Waals surface area contributed by atoms with Crippen molar-refractivity contribution in [2.75, 3.05) is 13.7 Å². The molecule has 0 spiro atoms. The first-order valence-electron chi connectivity index (χ1n) is 14.0. The highest BCUT2D eigenvalue weighted by atomic mass is 16.5. The minimum Gasteiger partial charge on any atom is -0.496 e. The van der Waals surface area contributed by atoms with Crippen LogP contribution in [0, 0.1) is 39.9 Å². The predicted molar refractivity (Wildman–Crippen MR) is 144 cm³/mol. The Morgan fingerprint density at radius 2 is 1.77 bits per heavy atom. The number of ether oxygens (including phenoxy) is 2. The summed E-state index contributed by atoms with van der Waals surface area (Å²) in [5.74, 6) is -0.428. The summed E-state index contributed by atoms with van der Waals surface area (Å²) >= 11 is 0. The summed E-state index contributed by atoms with van der Waals surface area (Å²) in [4.78, 5) is 38.4. The second kappa shape index (κ2) is 11.1. The number of hydrogen-bond donors (Lipinski definition) is 3. The Hall–Kier alpha value is -3.28. The summed E-state index contributed by atoms with van der Waals surface area (Å²) in [6, 6.07) is 4.89. The van der Waals surface area contributed by atoms with Gasteiger partial charge in [0.2, 0.25) is 5.91 Å². The molecule has 3 fully saturated rings. The van der Waals surface area contributed by atoms with Crippen LogP contribution in [0.3, 0.4) is 0 Å². The van der Waals surface area contributed by atoms with E-state index in [1.54, 1.807) is 13.0 Å². The molecule has 1 aromatic carbocycles. The van der Waals surface area contributed by atoms with Gasteiger partial charge < -0.3 is 25.2 Å². The SMILES string of the molecule is COc1cc(C#N)c(OC2CCC(C)(C(=O)O)CC2)cc1C(=O)N[C@H]1[C@H]2CC[C@H](C2)[C@H]1C(=O)NCC(C)(C)C. The van der Waals surface area contributed by atoms with Crippen LogP contribution in [-0.2, 0) is 9.59 Å².